The van der Waals surface area contributed by atoms with Crippen molar-refractivity contribution in [3.63, 3.8) is 0 Å². The molecule has 0 aliphatic rings. The van der Waals surface area contributed by atoms with Crippen LogP contribution in [0.2, 0.25) is 0 Å². The molecule has 1 heterocycles. The lowest BCUT2D eigenvalue weighted by molar-refractivity contribution is 0.210. The van der Waals surface area contributed by atoms with Gasteiger partial charge in [0.1, 0.15) is 5.75 Å². The van der Waals surface area contributed by atoms with E-state index in [4.69, 9.17) is 4.74 Å². The zero-order valence-corrected chi connectivity index (χ0v) is 9.08. The van der Waals surface area contributed by atoms with E-state index in [1.165, 1.54) is 0 Å². The summed E-state index contributed by atoms with van der Waals surface area (Å²) in [4.78, 5) is 4.17. The standard InChI is InChI=1S/C11H18N2O/c1-9-4-5-11(8-13-9)14-10(2)6-7-12-3/h4-5,8,10,12H,6-7H2,1-3H3. The van der Waals surface area contributed by atoms with Gasteiger partial charge in [-0.1, -0.05) is 0 Å². The molecule has 0 aromatic carbocycles. The van der Waals surface area contributed by atoms with Gasteiger partial charge < -0.3 is 10.1 Å². The Morgan fingerprint density at radius 3 is 2.86 bits per heavy atom. The van der Waals surface area contributed by atoms with Crippen LogP contribution in [-0.4, -0.2) is 24.7 Å². The molecule has 3 heteroatoms. The number of pyridine rings is 1. The van der Waals surface area contributed by atoms with Gasteiger partial charge >= 0.3 is 0 Å². The minimum atomic E-state index is 0.229. The average molecular weight is 194 g/mol. The van der Waals surface area contributed by atoms with Gasteiger partial charge in [0.2, 0.25) is 0 Å². The number of nitrogens with zero attached hydrogens (tertiary/aromatic N) is 1. The highest BCUT2D eigenvalue weighted by Crippen LogP contribution is 2.11. The van der Waals surface area contributed by atoms with Crippen molar-refractivity contribution in [3.05, 3.63) is 24.0 Å². The van der Waals surface area contributed by atoms with Gasteiger partial charge in [-0.2, -0.15) is 0 Å². The number of rotatable bonds is 5. The Morgan fingerprint density at radius 1 is 1.50 bits per heavy atom. The van der Waals surface area contributed by atoms with Gasteiger partial charge in [0.05, 0.1) is 12.3 Å². The molecule has 0 saturated heterocycles. The Balaban J connectivity index is 2.39. The maximum atomic E-state index is 5.67. The van der Waals surface area contributed by atoms with Crippen molar-refractivity contribution >= 4 is 0 Å². The Labute approximate surface area is 85.5 Å². The molecule has 0 fully saturated rings. The quantitative estimate of drug-likeness (QED) is 0.775. The normalized spacial score (nSPS) is 12.5. The molecule has 0 bridgehead atoms. The van der Waals surface area contributed by atoms with Crippen LogP contribution in [0.4, 0.5) is 0 Å². The smallest absolute Gasteiger partial charge is 0.138 e. The SMILES string of the molecule is CNCCC(C)Oc1ccc(C)nc1. The van der Waals surface area contributed by atoms with Crippen molar-refractivity contribution in [2.45, 2.75) is 26.4 Å². The molecule has 1 N–H and O–H groups in total. The Morgan fingerprint density at radius 2 is 2.29 bits per heavy atom. The molecule has 0 aliphatic carbocycles. The van der Waals surface area contributed by atoms with Crippen LogP contribution in [0, 0.1) is 6.92 Å². The van der Waals surface area contributed by atoms with E-state index in [-0.39, 0.29) is 6.10 Å². The van der Waals surface area contributed by atoms with E-state index in [1.54, 1.807) is 6.20 Å². The lowest BCUT2D eigenvalue weighted by Crippen LogP contribution is -2.19. The summed E-state index contributed by atoms with van der Waals surface area (Å²) in [5, 5.41) is 3.10. The largest absolute Gasteiger partial charge is 0.489 e. The first-order valence-corrected chi connectivity index (χ1v) is 4.96. The highest BCUT2D eigenvalue weighted by atomic mass is 16.5. The van der Waals surface area contributed by atoms with Gasteiger partial charge in [-0.25, -0.2) is 0 Å². The molecule has 0 saturated carbocycles. The molecule has 3 nitrogen and oxygen atoms in total. The van der Waals surface area contributed by atoms with Crippen molar-refractivity contribution in [2.75, 3.05) is 13.6 Å². The van der Waals surface area contributed by atoms with Gasteiger partial charge in [0, 0.05) is 5.69 Å². The summed E-state index contributed by atoms with van der Waals surface area (Å²) in [6.07, 6.45) is 3.00. The molecular formula is C11H18N2O. The third kappa shape index (κ3) is 3.75. The van der Waals surface area contributed by atoms with Crippen molar-refractivity contribution in [2.24, 2.45) is 0 Å². The van der Waals surface area contributed by atoms with Crippen LogP contribution in [-0.2, 0) is 0 Å². The molecule has 0 radical (unpaired) electrons. The zero-order chi connectivity index (χ0) is 10.4. The van der Waals surface area contributed by atoms with Crippen LogP contribution < -0.4 is 10.1 Å². The summed E-state index contributed by atoms with van der Waals surface area (Å²) in [6.45, 7) is 5.01. The Hall–Kier alpha value is -1.09. The number of aromatic nitrogens is 1. The molecule has 14 heavy (non-hydrogen) atoms. The first-order chi connectivity index (χ1) is 6.72. The van der Waals surface area contributed by atoms with Crippen LogP contribution >= 0.6 is 0 Å². The second-order valence-corrected chi connectivity index (χ2v) is 3.46. The van der Waals surface area contributed by atoms with E-state index in [9.17, 15) is 0 Å². The highest BCUT2D eigenvalue weighted by Gasteiger charge is 2.02. The van der Waals surface area contributed by atoms with Crippen LogP contribution in [0.5, 0.6) is 5.75 Å². The molecule has 1 aromatic rings. The van der Waals surface area contributed by atoms with E-state index in [0.29, 0.717) is 0 Å². The minimum Gasteiger partial charge on any atom is -0.489 e. The monoisotopic (exact) mass is 194 g/mol. The van der Waals surface area contributed by atoms with E-state index >= 15 is 0 Å². The van der Waals surface area contributed by atoms with Gasteiger partial charge in [-0.3, -0.25) is 4.98 Å². The molecular weight excluding hydrogens is 176 g/mol. The van der Waals surface area contributed by atoms with Gasteiger partial charge in [0.15, 0.2) is 0 Å². The van der Waals surface area contributed by atoms with Crippen LogP contribution in [0.25, 0.3) is 0 Å². The maximum Gasteiger partial charge on any atom is 0.138 e. The highest BCUT2D eigenvalue weighted by molar-refractivity contribution is 5.19. The summed E-state index contributed by atoms with van der Waals surface area (Å²) >= 11 is 0. The molecule has 0 amide bonds. The summed E-state index contributed by atoms with van der Waals surface area (Å²) in [5.74, 6) is 0.846. The molecule has 1 atom stereocenters. The van der Waals surface area contributed by atoms with E-state index in [0.717, 1.165) is 24.4 Å². The van der Waals surface area contributed by atoms with Crippen molar-refractivity contribution in [1.29, 1.82) is 0 Å². The van der Waals surface area contributed by atoms with Gasteiger partial charge in [0.25, 0.3) is 0 Å². The topological polar surface area (TPSA) is 34.1 Å². The van der Waals surface area contributed by atoms with Crippen LogP contribution in [0.1, 0.15) is 19.0 Å². The summed E-state index contributed by atoms with van der Waals surface area (Å²) in [6, 6.07) is 3.92. The van der Waals surface area contributed by atoms with Crippen LogP contribution in [0.15, 0.2) is 18.3 Å². The fourth-order valence-electron chi connectivity index (χ4n) is 1.16. The second kappa shape index (κ2) is 5.60. The summed E-state index contributed by atoms with van der Waals surface area (Å²) in [7, 11) is 1.94. The van der Waals surface area contributed by atoms with E-state index in [2.05, 4.69) is 17.2 Å². The zero-order valence-electron chi connectivity index (χ0n) is 9.08. The molecule has 0 aliphatic heterocycles. The Kier molecular flexibility index (Phi) is 4.40. The molecule has 1 unspecified atom stereocenters. The van der Waals surface area contributed by atoms with Gasteiger partial charge in [-0.05, 0) is 46.0 Å². The van der Waals surface area contributed by atoms with Crippen LogP contribution in [0.3, 0.4) is 0 Å². The Bertz CT molecular complexity index is 258. The molecule has 1 aromatic heterocycles. The van der Waals surface area contributed by atoms with Crippen molar-refractivity contribution in [1.82, 2.24) is 10.3 Å². The second-order valence-electron chi connectivity index (χ2n) is 3.46. The van der Waals surface area contributed by atoms with E-state index in [1.807, 2.05) is 26.1 Å². The fraction of sp³-hybridized carbons (Fsp3) is 0.545. The lowest BCUT2D eigenvalue weighted by Gasteiger charge is -2.13. The first kappa shape index (κ1) is 11.0. The predicted molar refractivity (Wildman–Crippen MR) is 57.6 cm³/mol. The number of ether oxygens (including phenoxy) is 1. The summed E-state index contributed by atoms with van der Waals surface area (Å²) < 4.78 is 5.67. The molecule has 78 valence electrons. The first-order valence-electron chi connectivity index (χ1n) is 4.96. The predicted octanol–water partition coefficient (Wildman–Crippen LogP) is 1.77. The lowest BCUT2D eigenvalue weighted by atomic mass is 10.3. The number of hydrogen-bond donors (Lipinski definition) is 1. The summed E-state index contributed by atoms with van der Waals surface area (Å²) in [5.41, 5.74) is 1.01. The fourth-order valence-corrected chi connectivity index (χ4v) is 1.16. The third-order valence-electron chi connectivity index (χ3n) is 2.02. The number of aryl methyl sites for hydroxylation is 1. The van der Waals surface area contributed by atoms with E-state index < -0.39 is 0 Å². The van der Waals surface area contributed by atoms with Gasteiger partial charge in [-0.15, -0.1) is 0 Å². The molecule has 1 rings (SSSR count). The number of hydrogen-bond acceptors (Lipinski definition) is 3. The third-order valence-corrected chi connectivity index (χ3v) is 2.02. The maximum absolute atomic E-state index is 5.67. The van der Waals surface area contributed by atoms with Crippen molar-refractivity contribution in [3.8, 4) is 5.75 Å². The minimum absolute atomic E-state index is 0.229. The molecule has 0 spiro atoms. The number of nitrogens with one attached hydrogen (secondary N) is 1. The average Bonchev–Trinajstić information content (AvgIpc) is 2.18. The van der Waals surface area contributed by atoms with Crippen molar-refractivity contribution < 1.29 is 4.74 Å².